The van der Waals surface area contributed by atoms with Crippen molar-refractivity contribution in [1.29, 1.82) is 0 Å². The first-order valence-corrected chi connectivity index (χ1v) is 6.27. The lowest BCUT2D eigenvalue weighted by Crippen LogP contribution is -2.40. The van der Waals surface area contributed by atoms with Crippen molar-refractivity contribution in [3.05, 3.63) is 34.9 Å². The Kier molecular flexibility index (Phi) is 5.95. The van der Waals surface area contributed by atoms with Crippen molar-refractivity contribution in [2.45, 2.75) is 6.04 Å². The number of aliphatic imine (C=N–C) groups is 1. The second-order valence-corrected chi connectivity index (χ2v) is 4.61. The standard InChI is InChI=1S/C13H21ClN4/c1-15-13(16-2)17-9-12(18(3)4)10-7-5-6-8-11(10)14/h5-8,12H,9H2,1-4H3,(H2,15,16,17). The number of hydrogen-bond donors (Lipinski definition) is 2. The third-order valence-electron chi connectivity index (χ3n) is 2.81. The van der Waals surface area contributed by atoms with Crippen LogP contribution >= 0.6 is 11.6 Å². The Labute approximate surface area is 114 Å². The molecule has 0 amide bonds. The van der Waals surface area contributed by atoms with E-state index in [0.717, 1.165) is 23.1 Å². The van der Waals surface area contributed by atoms with Crippen molar-refractivity contribution >= 4 is 17.6 Å². The molecule has 1 aromatic rings. The average molecular weight is 269 g/mol. The van der Waals surface area contributed by atoms with Gasteiger partial charge in [0.05, 0.1) is 6.04 Å². The Balaban J connectivity index is 2.82. The molecule has 5 heteroatoms. The SMILES string of the molecule is CN=C(NC)NCC(c1ccccc1Cl)N(C)C. The van der Waals surface area contributed by atoms with Crippen LogP contribution in [0.1, 0.15) is 11.6 Å². The number of nitrogens with one attached hydrogen (secondary N) is 2. The van der Waals surface area contributed by atoms with Crippen molar-refractivity contribution in [2.24, 2.45) is 4.99 Å². The molecule has 100 valence electrons. The number of nitrogens with zero attached hydrogens (tertiary/aromatic N) is 2. The molecule has 1 atom stereocenters. The molecule has 0 spiro atoms. The largest absolute Gasteiger partial charge is 0.359 e. The van der Waals surface area contributed by atoms with Gasteiger partial charge in [-0.1, -0.05) is 29.8 Å². The minimum atomic E-state index is 0.198. The first-order valence-electron chi connectivity index (χ1n) is 5.89. The molecule has 0 fully saturated rings. The molecule has 0 saturated carbocycles. The Morgan fingerprint density at radius 1 is 1.39 bits per heavy atom. The smallest absolute Gasteiger partial charge is 0.190 e. The molecule has 1 rings (SSSR count). The summed E-state index contributed by atoms with van der Waals surface area (Å²) in [6.07, 6.45) is 0. The summed E-state index contributed by atoms with van der Waals surface area (Å²) in [5.74, 6) is 0.772. The Morgan fingerprint density at radius 3 is 2.56 bits per heavy atom. The fourth-order valence-electron chi connectivity index (χ4n) is 1.79. The summed E-state index contributed by atoms with van der Waals surface area (Å²) in [6, 6.07) is 8.11. The molecule has 0 aromatic heterocycles. The van der Waals surface area contributed by atoms with Crippen LogP contribution < -0.4 is 10.6 Å². The lowest BCUT2D eigenvalue weighted by molar-refractivity contribution is 0.298. The molecule has 0 aliphatic rings. The Bertz CT molecular complexity index is 404. The van der Waals surface area contributed by atoms with Gasteiger partial charge in [-0.2, -0.15) is 0 Å². The van der Waals surface area contributed by atoms with Gasteiger partial charge in [-0.3, -0.25) is 4.99 Å². The fourth-order valence-corrected chi connectivity index (χ4v) is 2.05. The van der Waals surface area contributed by atoms with Crippen LogP contribution in [0.25, 0.3) is 0 Å². The van der Waals surface area contributed by atoms with Crippen LogP contribution in [-0.4, -0.2) is 45.6 Å². The molecule has 18 heavy (non-hydrogen) atoms. The third kappa shape index (κ3) is 3.89. The van der Waals surface area contributed by atoms with E-state index in [1.165, 1.54) is 0 Å². The number of halogens is 1. The summed E-state index contributed by atoms with van der Waals surface area (Å²) in [5, 5.41) is 7.05. The third-order valence-corrected chi connectivity index (χ3v) is 3.16. The molecule has 0 bridgehead atoms. The predicted molar refractivity (Wildman–Crippen MR) is 78.3 cm³/mol. The highest BCUT2D eigenvalue weighted by atomic mass is 35.5. The van der Waals surface area contributed by atoms with Gasteiger partial charge in [0, 0.05) is 25.7 Å². The fraction of sp³-hybridized carbons (Fsp3) is 0.462. The maximum Gasteiger partial charge on any atom is 0.190 e. The second kappa shape index (κ2) is 7.24. The highest BCUT2D eigenvalue weighted by Gasteiger charge is 2.16. The first-order chi connectivity index (χ1) is 8.60. The van der Waals surface area contributed by atoms with Gasteiger partial charge >= 0.3 is 0 Å². The zero-order valence-electron chi connectivity index (χ0n) is 11.4. The summed E-state index contributed by atoms with van der Waals surface area (Å²) in [5.41, 5.74) is 1.11. The molecule has 2 N–H and O–H groups in total. The van der Waals surface area contributed by atoms with Crippen LogP contribution in [-0.2, 0) is 0 Å². The van der Waals surface area contributed by atoms with Crippen LogP contribution in [0.15, 0.2) is 29.3 Å². The molecule has 4 nitrogen and oxygen atoms in total. The summed E-state index contributed by atoms with van der Waals surface area (Å²) in [7, 11) is 7.67. The van der Waals surface area contributed by atoms with Crippen LogP contribution in [0.5, 0.6) is 0 Å². The second-order valence-electron chi connectivity index (χ2n) is 4.20. The Hall–Kier alpha value is -1.26. The van der Waals surface area contributed by atoms with E-state index in [0.29, 0.717) is 0 Å². The van der Waals surface area contributed by atoms with Gasteiger partial charge in [0.2, 0.25) is 0 Å². The number of hydrogen-bond acceptors (Lipinski definition) is 2. The van der Waals surface area contributed by atoms with E-state index in [4.69, 9.17) is 11.6 Å². The molecule has 0 saturated heterocycles. The topological polar surface area (TPSA) is 39.7 Å². The minimum absolute atomic E-state index is 0.198. The van der Waals surface area contributed by atoms with Crippen molar-refractivity contribution in [1.82, 2.24) is 15.5 Å². The first kappa shape index (κ1) is 14.8. The molecule has 0 radical (unpaired) electrons. The Morgan fingerprint density at radius 2 is 2.06 bits per heavy atom. The van der Waals surface area contributed by atoms with E-state index in [1.54, 1.807) is 7.05 Å². The van der Waals surface area contributed by atoms with E-state index < -0.39 is 0 Å². The molecule has 1 unspecified atom stereocenters. The van der Waals surface area contributed by atoms with Crippen LogP contribution in [0.4, 0.5) is 0 Å². The normalized spacial score (nSPS) is 13.6. The number of guanidine groups is 1. The maximum atomic E-state index is 6.25. The van der Waals surface area contributed by atoms with Crippen molar-refractivity contribution in [3.63, 3.8) is 0 Å². The lowest BCUT2D eigenvalue weighted by Gasteiger charge is -2.26. The van der Waals surface area contributed by atoms with Crippen LogP contribution in [0, 0.1) is 0 Å². The van der Waals surface area contributed by atoms with E-state index in [1.807, 2.05) is 39.3 Å². The predicted octanol–water partition coefficient (Wildman–Crippen LogP) is 1.74. The number of likely N-dealkylation sites (N-methyl/N-ethyl adjacent to an activating group) is 1. The number of benzene rings is 1. The van der Waals surface area contributed by atoms with E-state index in [9.17, 15) is 0 Å². The molecule has 0 aliphatic carbocycles. The maximum absolute atomic E-state index is 6.25. The van der Waals surface area contributed by atoms with Crippen molar-refractivity contribution < 1.29 is 0 Å². The van der Waals surface area contributed by atoms with Gasteiger partial charge in [0.1, 0.15) is 0 Å². The minimum Gasteiger partial charge on any atom is -0.359 e. The molecule has 0 aliphatic heterocycles. The average Bonchev–Trinajstić information content (AvgIpc) is 2.36. The molecular formula is C13H21ClN4. The molecule has 0 heterocycles. The lowest BCUT2D eigenvalue weighted by atomic mass is 10.1. The van der Waals surface area contributed by atoms with Gasteiger partial charge in [0.15, 0.2) is 5.96 Å². The zero-order valence-corrected chi connectivity index (χ0v) is 12.1. The van der Waals surface area contributed by atoms with Crippen LogP contribution in [0.3, 0.4) is 0 Å². The van der Waals surface area contributed by atoms with Crippen molar-refractivity contribution in [3.8, 4) is 0 Å². The zero-order chi connectivity index (χ0) is 13.5. The number of rotatable bonds is 4. The van der Waals surface area contributed by atoms with Gasteiger partial charge in [-0.05, 0) is 25.7 Å². The van der Waals surface area contributed by atoms with Crippen molar-refractivity contribution in [2.75, 3.05) is 34.7 Å². The van der Waals surface area contributed by atoms with E-state index in [2.05, 4.69) is 26.6 Å². The summed E-state index contributed by atoms with van der Waals surface area (Å²) < 4.78 is 0. The van der Waals surface area contributed by atoms with Crippen LogP contribution in [0.2, 0.25) is 5.02 Å². The quantitative estimate of drug-likeness (QED) is 0.646. The summed E-state index contributed by atoms with van der Waals surface area (Å²) in [6.45, 7) is 0.740. The molecule has 1 aromatic carbocycles. The molecular weight excluding hydrogens is 248 g/mol. The van der Waals surface area contributed by atoms with Gasteiger partial charge in [-0.15, -0.1) is 0 Å². The van der Waals surface area contributed by atoms with E-state index in [-0.39, 0.29) is 6.04 Å². The highest BCUT2D eigenvalue weighted by molar-refractivity contribution is 6.31. The highest BCUT2D eigenvalue weighted by Crippen LogP contribution is 2.25. The monoisotopic (exact) mass is 268 g/mol. The summed E-state index contributed by atoms with van der Waals surface area (Å²) >= 11 is 6.25. The van der Waals surface area contributed by atoms with E-state index >= 15 is 0 Å². The summed E-state index contributed by atoms with van der Waals surface area (Å²) in [4.78, 5) is 6.23. The van der Waals surface area contributed by atoms with Gasteiger partial charge < -0.3 is 15.5 Å². The van der Waals surface area contributed by atoms with Gasteiger partial charge in [0.25, 0.3) is 0 Å². The van der Waals surface area contributed by atoms with Gasteiger partial charge in [-0.25, -0.2) is 0 Å².